The minimum Gasteiger partial charge on any atom is -0.371 e. The zero-order chi connectivity index (χ0) is 23.5. The van der Waals surface area contributed by atoms with Gasteiger partial charge in [-0.15, -0.1) is 0 Å². The highest BCUT2D eigenvalue weighted by Crippen LogP contribution is 2.67. The summed E-state index contributed by atoms with van der Waals surface area (Å²) in [6.45, 7) is 12.0. The highest BCUT2D eigenvalue weighted by Gasteiger charge is 2.69. The Kier molecular flexibility index (Phi) is 5.90. The Morgan fingerprint density at radius 1 is 1.12 bits per heavy atom. The molecule has 176 valence electrons. The van der Waals surface area contributed by atoms with Crippen molar-refractivity contribution in [2.75, 3.05) is 6.61 Å². The van der Waals surface area contributed by atoms with Crippen molar-refractivity contribution in [3.8, 4) is 0 Å². The number of hydrogen-bond donors (Lipinski definition) is 0. The summed E-state index contributed by atoms with van der Waals surface area (Å²) in [6.07, 6.45) is 8.74. The van der Waals surface area contributed by atoms with Gasteiger partial charge >= 0.3 is 0 Å². The van der Waals surface area contributed by atoms with E-state index in [-0.39, 0.29) is 53.9 Å². The highest BCUT2D eigenvalue weighted by molar-refractivity contribution is 6.02. The number of carbonyl (C=O) groups excluding carboxylic acids is 3. The van der Waals surface area contributed by atoms with Crippen molar-refractivity contribution in [1.29, 1.82) is 0 Å². The summed E-state index contributed by atoms with van der Waals surface area (Å²) in [5, 5.41) is 0. The number of hydrogen-bond acceptors (Lipinski definition) is 5. The average molecular weight is 443 g/mol. The lowest BCUT2D eigenvalue weighted by molar-refractivity contribution is -0.191. The first-order chi connectivity index (χ1) is 14.9. The van der Waals surface area contributed by atoms with Crippen molar-refractivity contribution < 1.29 is 23.9 Å². The van der Waals surface area contributed by atoms with Crippen LogP contribution in [-0.4, -0.2) is 41.8 Å². The van der Waals surface area contributed by atoms with E-state index in [0.717, 1.165) is 24.8 Å². The van der Waals surface area contributed by atoms with Gasteiger partial charge < -0.3 is 9.47 Å². The Morgan fingerprint density at radius 2 is 1.84 bits per heavy atom. The summed E-state index contributed by atoms with van der Waals surface area (Å²) in [4.78, 5) is 39.5. The van der Waals surface area contributed by atoms with E-state index >= 15 is 0 Å². The van der Waals surface area contributed by atoms with Crippen LogP contribution in [0.25, 0.3) is 0 Å². The Morgan fingerprint density at radius 3 is 2.50 bits per heavy atom. The summed E-state index contributed by atoms with van der Waals surface area (Å²) in [7, 11) is 0. The van der Waals surface area contributed by atoms with Crippen LogP contribution in [0.15, 0.2) is 23.8 Å². The molecule has 0 aromatic rings. The molecular formula is C27H38O5. The van der Waals surface area contributed by atoms with Gasteiger partial charge in [0.25, 0.3) is 0 Å². The summed E-state index contributed by atoms with van der Waals surface area (Å²) in [6, 6.07) is 0. The summed E-state index contributed by atoms with van der Waals surface area (Å²) >= 11 is 0. The van der Waals surface area contributed by atoms with Gasteiger partial charge in [-0.3, -0.25) is 14.4 Å². The fourth-order valence-corrected chi connectivity index (χ4v) is 7.50. The molecule has 0 aliphatic heterocycles. The maximum atomic E-state index is 13.8. The second-order valence-electron chi connectivity index (χ2n) is 11.4. The number of allylic oxidation sites excluding steroid dienone is 4. The molecular weight excluding hydrogens is 404 g/mol. The van der Waals surface area contributed by atoms with Crippen LogP contribution in [0, 0.1) is 28.6 Å². The third kappa shape index (κ3) is 3.38. The van der Waals surface area contributed by atoms with E-state index < -0.39 is 16.4 Å². The van der Waals surface area contributed by atoms with Gasteiger partial charge in [0.15, 0.2) is 11.6 Å². The number of carbonyl (C=O) groups is 3. The van der Waals surface area contributed by atoms with Crippen LogP contribution in [0.5, 0.6) is 0 Å². The molecule has 6 atom stereocenters. The van der Waals surface area contributed by atoms with E-state index in [4.69, 9.17) is 9.47 Å². The fourth-order valence-electron chi connectivity index (χ4n) is 7.50. The van der Waals surface area contributed by atoms with E-state index in [1.807, 2.05) is 33.8 Å². The largest absolute Gasteiger partial charge is 0.371 e. The molecule has 0 saturated heterocycles. The van der Waals surface area contributed by atoms with Crippen LogP contribution in [0.4, 0.5) is 0 Å². The summed E-state index contributed by atoms with van der Waals surface area (Å²) < 4.78 is 12.2. The molecule has 0 radical (unpaired) electrons. The summed E-state index contributed by atoms with van der Waals surface area (Å²) in [5.41, 5.74) is -0.841. The summed E-state index contributed by atoms with van der Waals surface area (Å²) in [5.74, 6) is 0.486. The first-order valence-electron chi connectivity index (χ1n) is 12.2. The molecule has 0 N–H and O–H groups in total. The Bertz CT molecular complexity index is 882. The molecule has 3 saturated carbocycles. The third-order valence-corrected chi connectivity index (χ3v) is 8.81. The molecule has 5 heteroatoms. The number of ketones is 3. The van der Waals surface area contributed by atoms with Crippen LogP contribution in [0.2, 0.25) is 0 Å². The van der Waals surface area contributed by atoms with Crippen LogP contribution < -0.4 is 0 Å². The van der Waals surface area contributed by atoms with Crippen molar-refractivity contribution in [3.05, 3.63) is 23.8 Å². The zero-order valence-corrected chi connectivity index (χ0v) is 20.4. The standard InChI is InChI=1S/C27H38O5/c1-16(2)31-15-23(30)27(32-17(3)4)12-10-21-20-8-7-18-13-19(28)9-11-25(18,5)24(20)22(29)14-26(21,27)6/h9,11,13,16-17,20-21,24H,7-8,10,12,14-15H2,1-6H3/t20-,21-,24+,25-,26-,27-/m0/s1. The monoisotopic (exact) mass is 442 g/mol. The second-order valence-corrected chi connectivity index (χ2v) is 11.4. The second kappa shape index (κ2) is 8.02. The minimum atomic E-state index is -0.989. The maximum absolute atomic E-state index is 13.8. The Balaban J connectivity index is 1.72. The molecule has 0 bridgehead atoms. The molecule has 5 nitrogen and oxygen atoms in total. The molecule has 4 rings (SSSR count). The molecule has 0 aromatic carbocycles. The van der Waals surface area contributed by atoms with Crippen LogP contribution in [0.1, 0.15) is 73.6 Å². The quantitative estimate of drug-likeness (QED) is 0.600. The number of Topliss-reactive ketones (excluding diaryl/α,β-unsaturated/α-hetero) is 2. The highest BCUT2D eigenvalue weighted by atomic mass is 16.5. The molecule has 0 spiro atoms. The molecule has 32 heavy (non-hydrogen) atoms. The lowest BCUT2D eigenvalue weighted by Gasteiger charge is -2.57. The Labute approximate surface area is 192 Å². The van der Waals surface area contributed by atoms with E-state index in [9.17, 15) is 14.4 Å². The maximum Gasteiger partial charge on any atom is 0.190 e. The van der Waals surface area contributed by atoms with E-state index in [2.05, 4.69) is 13.8 Å². The number of fused-ring (bicyclic) bond motifs is 5. The van der Waals surface area contributed by atoms with Crippen molar-refractivity contribution in [3.63, 3.8) is 0 Å². The van der Waals surface area contributed by atoms with Crippen LogP contribution in [0.3, 0.4) is 0 Å². The smallest absolute Gasteiger partial charge is 0.190 e. The molecule has 0 heterocycles. The van der Waals surface area contributed by atoms with Crippen molar-refractivity contribution in [1.82, 2.24) is 0 Å². The normalized spacial score (nSPS) is 40.9. The Hall–Kier alpha value is -1.59. The zero-order valence-electron chi connectivity index (χ0n) is 20.4. The van der Waals surface area contributed by atoms with Crippen LogP contribution in [-0.2, 0) is 23.9 Å². The average Bonchev–Trinajstić information content (AvgIpc) is 2.98. The lowest BCUT2D eigenvalue weighted by Crippen LogP contribution is -2.62. The molecule has 3 fully saturated rings. The van der Waals surface area contributed by atoms with Gasteiger partial charge in [-0.25, -0.2) is 0 Å². The van der Waals surface area contributed by atoms with E-state index in [1.165, 1.54) is 0 Å². The van der Waals surface area contributed by atoms with Gasteiger partial charge in [-0.1, -0.05) is 25.5 Å². The predicted molar refractivity (Wildman–Crippen MR) is 122 cm³/mol. The first kappa shape index (κ1) is 23.6. The van der Waals surface area contributed by atoms with Gasteiger partial charge in [-0.2, -0.15) is 0 Å². The predicted octanol–water partition coefficient (Wildman–Crippen LogP) is 4.63. The molecule has 4 aliphatic carbocycles. The molecule has 0 aromatic heterocycles. The van der Waals surface area contributed by atoms with E-state index in [0.29, 0.717) is 12.8 Å². The van der Waals surface area contributed by atoms with Gasteiger partial charge in [0.05, 0.1) is 12.2 Å². The third-order valence-electron chi connectivity index (χ3n) is 8.81. The number of rotatable bonds is 6. The van der Waals surface area contributed by atoms with Gasteiger partial charge in [0.2, 0.25) is 0 Å². The van der Waals surface area contributed by atoms with E-state index in [1.54, 1.807) is 12.2 Å². The first-order valence-corrected chi connectivity index (χ1v) is 12.2. The molecule has 0 amide bonds. The topological polar surface area (TPSA) is 69.7 Å². The fraction of sp³-hybridized carbons (Fsp3) is 0.741. The SMILES string of the molecule is CC(C)OCC(=O)[C@@]1(OC(C)C)CC[C@H]2[C@@H]3CCC4=CC(=O)C=C[C@]4(C)[C@H]3C(=O)C[C@@]21C. The van der Waals surface area contributed by atoms with Gasteiger partial charge in [0.1, 0.15) is 18.0 Å². The van der Waals surface area contributed by atoms with Crippen molar-refractivity contribution in [2.24, 2.45) is 28.6 Å². The van der Waals surface area contributed by atoms with Crippen LogP contribution >= 0.6 is 0 Å². The van der Waals surface area contributed by atoms with Gasteiger partial charge in [0, 0.05) is 23.2 Å². The lowest BCUT2D eigenvalue weighted by atomic mass is 9.46. The number of ether oxygens (including phenoxy) is 2. The van der Waals surface area contributed by atoms with Gasteiger partial charge in [-0.05, 0) is 77.4 Å². The molecule has 0 unspecified atom stereocenters. The van der Waals surface area contributed by atoms with Crippen molar-refractivity contribution >= 4 is 17.3 Å². The molecule has 4 aliphatic rings. The minimum absolute atomic E-state index is 0.0183. The van der Waals surface area contributed by atoms with Crippen molar-refractivity contribution in [2.45, 2.75) is 91.5 Å².